The van der Waals surface area contributed by atoms with Gasteiger partial charge in [0.05, 0.1) is 16.0 Å². The molecule has 0 amide bonds. The number of benzene rings is 1. The molecule has 4 rings (SSSR count). The minimum absolute atomic E-state index is 0.00754. The van der Waals surface area contributed by atoms with Gasteiger partial charge >= 0.3 is 0 Å². The molecule has 1 aromatic carbocycles. The molecule has 2 aromatic heterocycles. The molecule has 3 nitrogen and oxygen atoms in total. The molecule has 0 aliphatic heterocycles. The van der Waals surface area contributed by atoms with Crippen LogP contribution < -0.4 is 0 Å². The number of nitrogens with zero attached hydrogens (tertiary/aromatic N) is 3. The highest BCUT2D eigenvalue weighted by Crippen LogP contribution is 2.38. The first kappa shape index (κ1) is 16.6. The summed E-state index contributed by atoms with van der Waals surface area (Å²) in [5.41, 5.74) is 5.11. The Morgan fingerprint density at radius 2 is 2.00 bits per heavy atom. The fourth-order valence-electron chi connectivity index (χ4n) is 2.93. The Balaban J connectivity index is 2.05. The molecule has 126 valence electrons. The van der Waals surface area contributed by atoms with Crippen molar-refractivity contribution in [1.82, 2.24) is 14.6 Å². The van der Waals surface area contributed by atoms with Crippen molar-refractivity contribution in [3.63, 3.8) is 0 Å². The van der Waals surface area contributed by atoms with E-state index < -0.39 is 0 Å². The summed E-state index contributed by atoms with van der Waals surface area (Å²) in [4.78, 5) is 4.58. The highest BCUT2D eigenvalue weighted by molar-refractivity contribution is 6.33. The van der Waals surface area contributed by atoms with Gasteiger partial charge in [0, 0.05) is 17.3 Å². The Kier molecular flexibility index (Phi) is 4.32. The number of aromatic nitrogens is 3. The third kappa shape index (κ3) is 2.86. The Hall–Kier alpha value is -1.81. The maximum Gasteiger partial charge on any atom is 0.165 e. The molecule has 1 atom stereocenters. The average molecular weight is 391 g/mol. The molecule has 1 unspecified atom stereocenters. The molecule has 3 aromatic rings. The van der Waals surface area contributed by atoms with Gasteiger partial charge in [-0.3, -0.25) is 0 Å². The van der Waals surface area contributed by atoms with Crippen LogP contribution in [0.1, 0.15) is 17.5 Å². The minimum atomic E-state index is 0.00754. The first-order chi connectivity index (χ1) is 12.1. The lowest BCUT2D eigenvalue weighted by atomic mass is 9.96. The zero-order valence-corrected chi connectivity index (χ0v) is 15.6. The number of hydrogen-bond acceptors (Lipinski definition) is 2. The Bertz CT molecular complexity index is 1030. The van der Waals surface area contributed by atoms with Crippen molar-refractivity contribution < 1.29 is 0 Å². The number of hydrogen-bond donors (Lipinski definition) is 0. The molecular formula is C19H14Cl3N3. The molecule has 0 fully saturated rings. The van der Waals surface area contributed by atoms with Crippen LogP contribution in [0.25, 0.3) is 22.5 Å². The van der Waals surface area contributed by atoms with E-state index in [-0.39, 0.29) is 5.38 Å². The van der Waals surface area contributed by atoms with Gasteiger partial charge in [-0.25, -0.2) is 9.50 Å². The molecule has 2 heterocycles. The summed E-state index contributed by atoms with van der Waals surface area (Å²) in [5, 5.41) is 5.91. The van der Waals surface area contributed by atoms with Crippen LogP contribution in [-0.4, -0.2) is 20.0 Å². The highest BCUT2D eigenvalue weighted by Gasteiger charge is 2.22. The minimum Gasteiger partial charge on any atom is -0.236 e. The van der Waals surface area contributed by atoms with Crippen molar-refractivity contribution in [2.45, 2.75) is 18.7 Å². The SMILES string of the molecule is Cc1cnc2c(C3=CCC(Cl)C=C3)c(-c3ccccc3Cl)nn2c1Cl. The largest absolute Gasteiger partial charge is 0.236 e. The summed E-state index contributed by atoms with van der Waals surface area (Å²) in [5.74, 6) is 0. The molecule has 0 N–H and O–H groups in total. The molecule has 0 spiro atoms. The normalized spacial score (nSPS) is 17.1. The zero-order valence-electron chi connectivity index (χ0n) is 13.4. The number of allylic oxidation sites excluding steroid dienone is 4. The van der Waals surface area contributed by atoms with Gasteiger partial charge in [0.15, 0.2) is 5.65 Å². The number of rotatable bonds is 2. The monoisotopic (exact) mass is 389 g/mol. The lowest BCUT2D eigenvalue weighted by Crippen LogP contribution is -1.99. The first-order valence-corrected chi connectivity index (χ1v) is 9.07. The summed E-state index contributed by atoms with van der Waals surface area (Å²) < 4.78 is 1.67. The van der Waals surface area contributed by atoms with Crippen LogP contribution in [0, 0.1) is 6.92 Å². The number of alkyl halides is 1. The second-order valence-electron chi connectivity index (χ2n) is 5.94. The second kappa shape index (κ2) is 6.49. The van der Waals surface area contributed by atoms with Crippen molar-refractivity contribution in [3.05, 3.63) is 70.0 Å². The Morgan fingerprint density at radius 1 is 1.20 bits per heavy atom. The predicted molar refractivity (Wildman–Crippen MR) is 105 cm³/mol. The van der Waals surface area contributed by atoms with Crippen LogP contribution in [0.3, 0.4) is 0 Å². The van der Waals surface area contributed by atoms with Gasteiger partial charge in [0.2, 0.25) is 0 Å². The average Bonchev–Trinajstić information content (AvgIpc) is 2.99. The van der Waals surface area contributed by atoms with Crippen molar-refractivity contribution in [3.8, 4) is 11.3 Å². The van der Waals surface area contributed by atoms with Crippen LogP contribution in [0.4, 0.5) is 0 Å². The zero-order chi connectivity index (χ0) is 17.6. The van der Waals surface area contributed by atoms with Crippen LogP contribution in [0.5, 0.6) is 0 Å². The smallest absolute Gasteiger partial charge is 0.165 e. The number of halogens is 3. The maximum atomic E-state index is 6.47. The van der Waals surface area contributed by atoms with Gasteiger partial charge in [-0.15, -0.1) is 11.6 Å². The van der Waals surface area contributed by atoms with E-state index >= 15 is 0 Å². The predicted octanol–water partition coefficient (Wildman–Crippen LogP) is 5.96. The van der Waals surface area contributed by atoms with Crippen molar-refractivity contribution in [2.75, 3.05) is 0 Å². The molecule has 0 radical (unpaired) electrons. The molecular weight excluding hydrogens is 377 g/mol. The Labute approximate surface area is 160 Å². The van der Waals surface area contributed by atoms with Crippen molar-refractivity contribution in [1.29, 1.82) is 0 Å². The molecule has 25 heavy (non-hydrogen) atoms. The van der Waals surface area contributed by atoms with E-state index in [1.165, 1.54) is 0 Å². The lowest BCUT2D eigenvalue weighted by Gasteiger charge is -2.11. The third-order valence-corrected chi connectivity index (χ3v) is 5.33. The van der Waals surface area contributed by atoms with Crippen molar-refractivity contribution in [2.24, 2.45) is 0 Å². The van der Waals surface area contributed by atoms with Gasteiger partial charge in [0.25, 0.3) is 0 Å². The first-order valence-electron chi connectivity index (χ1n) is 7.88. The fraction of sp³-hybridized carbons (Fsp3) is 0.158. The van der Waals surface area contributed by atoms with Gasteiger partial charge in [0.1, 0.15) is 10.8 Å². The maximum absolute atomic E-state index is 6.47. The van der Waals surface area contributed by atoms with Gasteiger partial charge in [-0.05, 0) is 25.0 Å². The Morgan fingerprint density at radius 3 is 2.72 bits per heavy atom. The highest BCUT2D eigenvalue weighted by atomic mass is 35.5. The number of fused-ring (bicyclic) bond motifs is 1. The van der Waals surface area contributed by atoms with Crippen LogP contribution in [-0.2, 0) is 0 Å². The van der Waals surface area contributed by atoms with E-state index in [0.717, 1.165) is 34.4 Å². The summed E-state index contributed by atoms with van der Waals surface area (Å²) in [7, 11) is 0. The second-order valence-corrected chi connectivity index (χ2v) is 7.27. The topological polar surface area (TPSA) is 30.2 Å². The standard InChI is InChI=1S/C19H14Cl3N3/c1-11-10-23-19-16(12-6-8-13(20)9-7-12)17(24-25(19)18(11)22)14-4-2-3-5-15(14)21/h2-8,10,13H,9H2,1H3. The van der Waals surface area contributed by atoms with E-state index in [9.17, 15) is 0 Å². The molecule has 0 saturated heterocycles. The molecule has 0 saturated carbocycles. The quantitative estimate of drug-likeness (QED) is 0.399. The fourth-order valence-corrected chi connectivity index (χ4v) is 3.48. The van der Waals surface area contributed by atoms with Crippen molar-refractivity contribution >= 4 is 46.0 Å². The summed E-state index contributed by atoms with van der Waals surface area (Å²) in [6, 6.07) is 7.64. The van der Waals surface area contributed by atoms with E-state index in [1.807, 2.05) is 43.3 Å². The van der Waals surface area contributed by atoms with E-state index in [4.69, 9.17) is 39.9 Å². The van der Waals surface area contributed by atoms with Crippen LogP contribution in [0.15, 0.2) is 48.7 Å². The summed E-state index contributed by atoms with van der Waals surface area (Å²) in [6.45, 7) is 1.91. The van der Waals surface area contributed by atoms with E-state index in [0.29, 0.717) is 15.8 Å². The molecule has 6 heteroatoms. The molecule has 0 bridgehead atoms. The van der Waals surface area contributed by atoms with Crippen LogP contribution >= 0.6 is 34.8 Å². The summed E-state index contributed by atoms with van der Waals surface area (Å²) >= 11 is 19.1. The summed E-state index contributed by atoms with van der Waals surface area (Å²) in [6.07, 6.45) is 8.61. The molecule has 1 aliphatic rings. The lowest BCUT2D eigenvalue weighted by molar-refractivity contribution is 0.932. The van der Waals surface area contributed by atoms with Gasteiger partial charge in [-0.2, -0.15) is 5.10 Å². The third-order valence-electron chi connectivity index (χ3n) is 4.22. The van der Waals surface area contributed by atoms with Gasteiger partial charge in [-0.1, -0.05) is 59.6 Å². The number of aryl methyl sites for hydroxylation is 1. The van der Waals surface area contributed by atoms with E-state index in [2.05, 4.69) is 11.1 Å². The molecule has 1 aliphatic carbocycles. The van der Waals surface area contributed by atoms with E-state index in [1.54, 1.807) is 10.7 Å². The van der Waals surface area contributed by atoms with Gasteiger partial charge < -0.3 is 0 Å². The van der Waals surface area contributed by atoms with Crippen LogP contribution in [0.2, 0.25) is 10.2 Å².